The van der Waals surface area contributed by atoms with Crippen LogP contribution in [0.3, 0.4) is 0 Å². The van der Waals surface area contributed by atoms with E-state index < -0.39 is 5.97 Å². The Kier molecular flexibility index (Phi) is 4.97. The van der Waals surface area contributed by atoms with Crippen LogP contribution in [0.4, 0.5) is 17.1 Å². The van der Waals surface area contributed by atoms with Crippen molar-refractivity contribution in [2.24, 2.45) is 0 Å². The van der Waals surface area contributed by atoms with Crippen LogP contribution in [0.25, 0.3) is 10.9 Å². The Morgan fingerprint density at radius 1 is 1.16 bits per heavy atom. The van der Waals surface area contributed by atoms with E-state index in [1.807, 2.05) is 0 Å². The lowest BCUT2D eigenvalue weighted by Crippen LogP contribution is -2.09. The molecule has 0 aliphatic heterocycles. The highest BCUT2D eigenvalue weighted by Crippen LogP contribution is 2.36. The molecule has 0 atom stereocenters. The monoisotopic (exact) mass is 375 g/mol. The number of nitrogens with one attached hydrogen (secondary N) is 1. The summed E-state index contributed by atoms with van der Waals surface area (Å²) < 4.78 is 5.02. The highest BCUT2D eigenvalue weighted by molar-refractivity contribution is 6.40. The molecule has 1 aromatic heterocycles. The predicted octanol–water partition coefficient (Wildman–Crippen LogP) is 5.04. The van der Waals surface area contributed by atoms with Crippen LogP contribution in [0.1, 0.15) is 17.3 Å². The smallest absolute Gasteiger partial charge is 0.340 e. The highest BCUT2D eigenvalue weighted by Gasteiger charge is 2.15. The number of anilines is 3. The Morgan fingerprint density at radius 3 is 2.68 bits per heavy atom. The van der Waals surface area contributed by atoms with Crippen LogP contribution in [-0.2, 0) is 4.74 Å². The van der Waals surface area contributed by atoms with Gasteiger partial charge in [0, 0.05) is 11.6 Å². The van der Waals surface area contributed by atoms with E-state index in [9.17, 15) is 4.79 Å². The van der Waals surface area contributed by atoms with Crippen molar-refractivity contribution < 1.29 is 9.53 Å². The van der Waals surface area contributed by atoms with Crippen molar-refractivity contribution >= 4 is 57.1 Å². The van der Waals surface area contributed by atoms with E-state index in [0.29, 0.717) is 43.6 Å². The van der Waals surface area contributed by atoms with Gasteiger partial charge in [-0.2, -0.15) is 0 Å². The standard InChI is InChI=1S/C18H15Cl2N3O2/c1-2-25-18(24)10-4-3-5-14(16(10)21)23-13-8-9-22-17-12(20)7-6-11(19)15(13)17/h3-9H,2,21H2,1H3,(H,22,23). The molecule has 3 aromatic rings. The fraction of sp³-hybridized carbons (Fsp3) is 0.111. The molecule has 0 bridgehead atoms. The lowest BCUT2D eigenvalue weighted by atomic mass is 10.1. The molecule has 0 radical (unpaired) electrons. The van der Waals surface area contributed by atoms with Crippen LogP contribution < -0.4 is 11.1 Å². The number of carbonyl (C=O) groups is 1. The van der Waals surface area contributed by atoms with Crippen LogP contribution in [0, 0.1) is 0 Å². The summed E-state index contributed by atoms with van der Waals surface area (Å²) in [5.74, 6) is -0.468. The average molecular weight is 376 g/mol. The molecule has 0 saturated heterocycles. The van der Waals surface area contributed by atoms with Crippen LogP contribution >= 0.6 is 23.2 Å². The third-order valence-corrected chi connectivity index (χ3v) is 4.28. The number of nitrogen functional groups attached to an aromatic ring is 1. The average Bonchev–Trinajstić information content (AvgIpc) is 2.60. The van der Waals surface area contributed by atoms with Gasteiger partial charge in [-0.1, -0.05) is 29.3 Å². The second kappa shape index (κ2) is 7.17. The number of carbonyl (C=O) groups excluding carboxylic acids is 1. The molecule has 0 fully saturated rings. The van der Waals surface area contributed by atoms with Gasteiger partial charge in [-0.25, -0.2) is 4.79 Å². The number of aromatic nitrogens is 1. The molecular formula is C18H15Cl2N3O2. The molecule has 0 unspecified atom stereocenters. The predicted molar refractivity (Wildman–Crippen MR) is 102 cm³/mol. The quantitative estimate of drug-likeness (QED) is 0.493. The number of benzene rings is 2. The number of nitrogens with zero attached hydrogens (tertiary/aromatic N) is 1. The largest absolute Gasteiger partial charge is 0.462 e. The van der Waals surface area contributed by atoms with Crippen molar-refractivity contribution in [2.45, 2.75) is 6.92 Å². The summed E-state index contributed by atoms with van der Waals surface area (Å²) in [5.41, 5.74) is 8.56. The number of rotatable bonds is 4. The van der Waals surface area contributed by atoms with Crippen molar-refractivity contribution in [3.05, 3.63) is 58.2 Å². The SMILES string of the molecule is CCOC(=O)c1cccc(Nc2ccnc3c(Cl)ccc(Cl)c23)c1N. The molecule has 1 heterocycles. The zero-order valence-electron chi connectivity index (χ0n) is 13.3. The summed E-state index contributed by atoms with van der Waals surface area (Å²) in [6.07, 6.45) is 1.62. The Morgan fingerprint density at radius 2 is 1.92 bits per heavy atom. The van der Waals surface area contributed by atoms with Crippen molar-refractivity contribution in [1.82, 2.24) is 4.98 Å². The van der Waals surface area contributed by atoms with Gasteiger partial charge in [-0.3, -0.25) is 4.98 Å². The number of para-hydroxylation sites is 1. The minimum absolute atomic E-state index is 0.277. The van der Waals surface area contributed by atoms with Crippen LogP contribution in [0.2, 0.25) is 10.0 Å². The van der Waals surface area contributed by atoms with Gasteiger partial charge in [0.2, 0.25) is 0 Å². The molecule has 0 aliphatic rings. The normalized spacial score (nSPS) is 10.7. The summed E-state index contributed by atoms with van der Waals surface area (Å²) in [4.78, 5) is 16.3. The third kappa shape index (κ3) is 3.34. The van der Waals surface area contributed by atoms with Gasteiger partial charge in [0.15, 0.2) is 0 Å². The third-order valence-electron chi connectivity index (χ3n) is 3.66. The molecule has 5 nitrogen and oxygen atoms in total. The number of hydrogen-bond acceptors (Lipinski definition) is 5. The van der Waals surface area contributed by atoms with Gasteiger partial charge < -0.3 is 15.8 Å². The first-order valence-corrected chi connectivity index (χ1v) is 8.34. The van der Waals surface area contributed by atoms with Crippen LogP contribution in [-0.4, -0.2) is 17.6 Å². The number of ether oxygens (including phenoxy) is 1. The van der Waals surface area contributed by atoms with Gasteiger partial charge in [0.05, 0.1) is 44.8 Å². The molecule has 7 heteroatoms. The molecule has 0 amide bonds. The lowest BCUT2D eigenvalue weighted by Gasteiger charge is -2.15. The second-order valence-electron chi connectivity index (χ2n) is 5.22. The molecular weight excluding hydrogens is 361 g/mol. The zero-order valence-corrected chi connectivity index (χ0v) is 14.9. The summed E-state index contributed by atoms with van der Waals surface area (Å²) in [7, 11) is 0. The fourth-order valence-corrected chi connectivity index (χ4v) is 2.96. The Bertz CT molecular complexity index is 960. The van der Waals surface area contributed by atoms with Crippen LogP contribution in [0.15, 0.2) is 42.6 Å². The first-order valence-electron chi connectivity index (χ1n) is 7.58. The molecule has 3 rings (SSSR count). The first kappa shape index (κ1) is 17.3. The lowest BCUT2D eigenvalue weighted by molar-refractivity contribution is 0.0527. The number of hydrogen-bond donors (Lipinski definition) is 2. The highest BCUT2D eigenvalue weighted by atomic mass is 35.5. The topological polar surface area (TPSA) is 77.2 Å². The number of nitrogens with two attached hydrogens (primary N) is 1. The fourth-order valence-electron chi connectivity index (χ4n) is 2.50. The van der Waals surface area contributed by atoms with Crippen molar-refractivity contribution in [2.75, 3.05) is 17.7 Å². The number of fused-ring (bicyclic) bond motifs is 1. The molecule has 0 spiro atoms. The second-order valence-corrected chi connectivity index (χ2v) is 6.04. The Labute approximate surface area is 154 Å². The van der Waals surface area contributed by atoms with Gasteiger partial charge in [0.25, 0.3) is 0 Å². The number of pyridine rings is 1. The van der Waals surface area contributed by atoms with E-state index in [0.717, 1.165) is 0 Å². The number of esters is 1. The van der Waals surface area contributed by atoms with Crippen LogP contribution in [0.5, 0.6) is 0 Å². The molecule has 2 aromatic carbocycles. The maximum absolute atomic E-state index is 12.0. The van der Waals surface area contributed by atoms with Gasteiger partial charge in [0.1, 0.15) is 0 Å². The van der Waals surface area contributed by atoms with Gasteiger partial charge in [-0.15, -0.1) is 0 Å². The van der Waals surface area contributed by atoms with E-state index in [1.165, 1.54) is 0 Å². The zero-order chi connectivity index (χ0) is 18.0. The first-order chi connectivity index (χ1) is 12.0. The molecule has 3 N–H and O–H groups in total. The van der Waals surface area contributed by atoms with Crippen molar-refractivity contribution in [3.8, 4) is 0 Å². The molecule has 0 saturated carbocycles. The minimum atomic E-state index is -0.468. The van der Waals surface area contributed by atoms with Gasteiger partial charge >= 0.3 is 5.97 Å². The van der Waals surface area contributed by atoms with Gasteiger partial charge in [-0.05, 0) is 37.3 Å². The van der Waals surface area contributed by atoms with E-state index >= 15 is 0 Å². The summed E-state index contributed by atoms with van der Waals surface area (Å²) in [6, 6.07) is 10.3. The van der Waals surface area contributed by atoms with E-state index in [4.69, 9.17) is 33.7 Å². The Balaban J connectivity index is 2.07. The van der Waals surface area contributed by atoms with E-state index in [1.54, 1.807) is 49.5 Å². The van der Waals surface area contributed by atoms with Crippen molar-refractivity contribution in [3.63, 3.8) is 0 Å². The maximum atomic E-state index is 12.0. The van der Waals surface area contributed by atoms with Crippen molar-refractivity contribution in [1.29, 1.82) is 0 Å². The van der Waals surface area contributed by atoms with E-state index in [2.05, 4.69) is 10.3 Å². The summed E-state index contributed by atoms with van der Waals surface area (Å²) in [6.45, 7) is 2.02. The summed E-state index contributed by atoms with van der Waals surface area (Å²) in [5, 5.41) is 4.89. The molecule has 128 valence electrons. The molecule has 0 aliphatic carbocycles. The van der Waals surface area contributed by atoms with E-state index in [-0.39, 0.29) is 6.61 Å². The number of halogens is 2. The molecule has 25 heavy (non-hydrogen) atoms. The minimum Gasteiger partial charge on any atom is -0.462 e. The Hall–Kier alpha value is -2.50. The summed E-state index contributed by atoms with van der Waals surface area (Å²) >= 11 is 12.5. The maximum Gasteiger partial charge on any atom is 0.340 e.